The lowest BCUT2D eigenvalue weighted by atomic mass is 10.2. The molecule has 3 rings (SSSR count). The Labute approximate surface area is 172 Å². The van der Waals surface area contributed by atoms with E-state index in [2.05, 4.69) is 15.6 Å². The number of nitrogens with one attached hydrogen (secondary N) is 3. The Hall–Kier alpha value is -3.95. The number of hydrogen-bond acceptors (Lipinski definition) is 7. The monoisotopic (exact) mass is 414 g/mol. The molecule has 30 heavy (non-hydrogen) atoms. The summed E-state index contributed by atoms with van der Waals surface area (Å²) in [5.74, 6) is 1.23. The van der Waals surface area contributed by atoms with Crippen LogP contribution in [0.15, 0.2) is 36.4 Å². The van der Waals surface area contributed by atoms with Gasteiger partial charge in [-0.3, -0.25) is 14.9 Å². The van der Waals surface area contributed by atoms with Crippen molar-refractivity contribution in [3.8, 4) is 17.2 Å². The van der Waals surface area contributed by atoms with Gasteiger partial charge in [0.05, 0.1) is 31.8 Å². The first-order valence-electron chi connectivity index (χ1n) is 9.06. The van der Waals surface area contributed by atoms with Gasteiger partial charge in [0.2, 0.25) is 0 Å². The van der Waals surface area contributed by atoms with E-state index in [0.29, 0.717) is 46.9 Å². The molecule has 3 aromatic rings. The average Bonchev–Trinajstić information content (AvgIpc) is 3.21. The molecule has 1 amide bonds. The molecule has 1 heterocycles. The van der Waals surface area contributed by atoms with E-state index in [1.54, 1.807) is 24.3 Å². The highest BCUT2D eigenvalue weighted by Crippen LogP contribution is 2.41. The van der Waals surface area contributed by atoms with Crippen LogP contribution in [0.4, 0.5) is 11.4 Å². The van der Waals surface area contributed by atoms with Crippen LogP contribution < -0.4 is 24.8 Å². The van der Waals surface area contributed by atoms with Crippen LogP contribution >= 0.6 is 0 Å². The van der Waals surface area contributed by atoms with Gasteiger partial charge in [0.1, 0.15) is 11.4 Å². The summed E-state index contributed by atoms with van der Waals surface area (Å²) in [4.78, 5) is 25.8. The zero-order chi connectivity index (χ0) is 21.7. The molecular weight excluding hydrogens is 392 g/mol. The maximum absolute atomic E-state index is 12.5. The zero-order valence-electron chi connectivity index (χ0n) is 16.8. The van der Waals surface area contributed by atoms with Crippen LogP contribution in [0.1, 0.15) is 10.5 Å². The first-order chi connectivity index (χ1) is 14.5. The number of hydrogen-bond donors (Lipinski definition) is 3. The molecule has 0 fully saturated rings. The number of nitro groups is 1. The molecule has 0 atom stereocenters. The number of fused-ring (bicyclic) bond motifs is 1. The standard InChI is InChI=1S/C20H22N4O6/c1-28-16-11-17(29-2)19(30-3)18-14(16)10-15(23-18)20(25)22-9-8-21-12-4-6-13(7-5-12)24(26)27/h4-7,10-11,21,23H,8-9H2,1-3H3,(H,22,25). The number of non-ortho nitro benzene ring substituents is 1. The molecule has 3 N–H and O–H groups in total. The fourth-order valence-corrected chi connectivity index (χ4v) is 3.04. The average molecular weight is 414 g/mol. The Morgan fingerprint density at radius 2 is 1.73 bits per heavy atom. The number of carbonyl (C=O) groups is 1. The van der Waals surface area contributed by atoms with Gasteiger partial charge >= 0.3 is 0 Å². The van der Waals surface area contributed by atoms with Crippen LogP contribution in [0, 0.1) is 10.1 Å². The lowest BCUT2D eigenvalue weighted by Crippen LogP contribution is -2.28. The predicted molar refractivity (Wildman–Crippen MR) is 112 cm³/mol. The second kappa shape index (κ2) is 9.03. The number of nitro benzene ring substituents is 1. The van der Waals surface area contributed by atoms with E-state index in [9.17, 15) is 14.9 Å². The van der Waals surface area contributed by atoms with Gasteiger partial charge in [-0.1, -0.05) is 0 Å². The summed E-state index contributed by atoms with van der Waals surface area (Å²) in [6, 6.07) is 9.45. The van der Waals surface area contributed by atoms with Crippen molar-refractivity contribution in [3.63, 3.8) is 0 Å². The molecule has 0 unspecified atom stereocenters. The van der Waals surface area contributed by atoms with Crippen molar-refractivity contribution < 1.29 is 23.9 Å². The fourth-order valence-electron chi connectivity index (χ4n) is 3.04. The van der Waals surface area contributed by atoms with E-state index < -0.39 is 4.92 Å². The fraction of sp³-hybridized carbons (Fsp3) is 0.250. The van der Waals surface area contributed by atoms with Crippen LogP contribution in [0.2, 0.25) is 0 Å². The van der Waals surface area contributed by atoms with E-state index >= 15 is 0 Å². The van der Waals surface area contributed by atoms with Gasteiger partial charge < -0.3 is 29.8 Å². The van der Waals surface area contributed by atoms with Crippen molar-refractivity contribution in [2.75, 3.05) is 39.7 Å². The number of rotatable bonds is 9. The minimum Gasteiger partial charge on any atom is -0.496 e. The van der Waals surface area contributed by atoms with Gasteiger partial charge in [0.15, 0.2) is 11.5 Å². The highest BCUT2D eigenvalue weighted by atomic mass is 16.6. The number of aromatic nitrogens is 1. The molecule has 1 aromatic heterocycles. The van der Waals surface area contributed by atoms with Crippen molar-refractivity contribution >= 4 is 28.2 Å². The summed E-state index contributed by atoms with van der Waals surface area (Å²) in [6.07, 6.45) is 0. The van der Waals surface area contributed by atoms with E-state index in [1.807, 2.05) is 0 Å². The first-order valence-corrected chi connectivity index (χ1v) is 9.06. The number of anilines is 1. The van der Waals surface area contributed by atoms with Crippen LogP contribution in [-0.4, -0.2) is 50.2 Å². The summed E-state index contributed by atoms with van der Waals surface area (Å²) >= 11 is 0. The molecular formula is C20H22N4O6. The molecule has 0 aliphatic rings. The topological polar surface area (TPSA) is 128 Å². The third-order valence-corrected chi connectivity index (χ3v) is 4.50. The number of nitrogens with zero attached hydrogens (tertiary/aromatic N) is 1. The predicted octanol–water partition coefficient (Wildman–Crippen LogP) is 2.94. The van der Waals surface area contributed by atoms with Gasteiger partial charge in [-0.25, -0.2) is 0 Å². The van der Waals surface area contributed by atoms with E-state index in [0.717, 1.165) is 5.69 Å². The van der Waals surface area contributed by atoms with E-state index in [-0.39, 0.29) is 11.6 Å². The minimum atomic E-state index is -0.454. The summed E-state index contributed by atoms with van der Waals surface area (Å²) in [7, 11) is 4.59. The van der Waals surface area contributed by atoms with Gasteiger partial charge in [-0.15, -0.1) is 0 Å². The van der Waals surface area contributed by atoms with Crippen molar-refractivity contribution in [1.82, 2.24) is 10.3 Å². The summed E-state index contributed by atoms with van der Waals surface area (Å²) in [6.45, 7) is 0.799. The quantitative estimate of drug-likeness (QED) is 0.279. The van der Waals surface area contributed by atoms with Crippen molar-refractivity contribution in [1.29, 1.82) is 0 Å². The molecule has 0 spiro atoms. The van der Waals surface area contributed by atoms with Crippen LogP contribution in [-0.2, 0) is 0 Å². The van der Waals surface area contributed by atoms with E-state index in [1.165, 1.54) is 33.5 Å². The Morgan fingerprint density at radius 1 is 1.03 bits per heavy atom. The summed E-state index contributed by atoms with van der Waals surface area (Å²) in [5, 5.41) is 17.3. The number of carbonyl (C=O) groups excluding carboxylic acids is 1. The van der Waals surface area contributed by atoms with Crippen LogP contribution in [0.3, 0.4) is 0 Å². The van der Waals surface area contributed by atoms with Gasteiger partial charge in [0, 0.05) is 42.4 Å². The van der Waals surface area contributed by atoms with Gasteiger partial charge in [0.25, 0.3) is 11.6 Å². The van der Waals surface area contributed by atoms with E-state index in [4.69, 9.17) is 14.2 Å². The van der Waals surface area contributed by atoms with Crippen LogP contribution in [0.5, 0.6) is 17.2 Å². The lowest BCUT2D eigenvalue weighted by molar-refractivity contribution is -0.384. The molecule has 0 aliphatic heterocycles. The van der Waals surface area contributed by atoms with Crippen molar-refractivity contribution in [2.24, 2.45) is 0 Å². The first kappa shape index (κ1) is 20.8. The highest BCUT2D eigenvalue weighted by molar-refractivity contribution is 6.02. The maximum Gasteiger partial charge on any atom is 0.269 e. The Bertz CT molecular complexity index is 1060. The number of ether oxygens (including phenoxy) is 3. The molecule has 0 saturated heterocycles. The largest absolute Gasteiger partial charge is 0.496 e. The smallest absolute Gasteiger partial charge is 0.269 e. The van der Waals surface area contributed by atoms with Gasteiger partial charge in [-0.2, -0.15) is 0 Å². The minimum absolute atomic E-state index is 0.0233. The Balaban J connectivity index is 1.66. The molecule has 0 radical (unpaired) electrons. The molecule has 10 nitrogen and oxygen atoms in total. The maximum atomic E-state index is 12.5. The number of benzene rings is 2. The number of amides is 1. The second-order valence-electron chi connectivity index (χ2n) is 6.27. The Morgan fingerprint density at radius 3 is 2.33 bits per heavy atom. The van der Waals surface area contributed by atoms with Crippen molar-refractivity contribution in [2.45, 2.75) is 0 Å². The molecule has 0 saturated carbocycles. The SMILES string of the molecule is COc1cc(OC)c2cc(C(=O)NCCNc3ccc([N+](=O)[O-])cc3)[nH]c2c1OC. The zero-order valence-corrected chi connectivity index (χ0v) is 16.8. The van der Waals surface area contributed by atoms with Crippen LogP contribution in [0.25, 0.3) is 10.9 Å². The molecule has 2 aromatic carbocycles. The normalized spacial score (nSPS) is 10.5. The Kier molecular flexibility index (Phi) is 6.26. The highest BCUT2D eigenvalue weighted by Gasteiger charge is 2.19. The van der Waals surface area contributed by atoms with Gasteiger partial charge in [-0.05, 0) is 18.2 Å². The molecule has 158 valence electrons. The molecule has 0 bridgehead atoms. The number of methoxy groups -OCH3 is 3. The lowest BCUT2D eigenvalue weighted by Gasteiger charge is -2.11. The van der Waals surface area contributed by atoms with Crippen molar-refractivity contribution in [3.05, 3.63) is 52.2 Å². The molecule has 10 heteroatoms. The molecule has 0 aliphatic carbocycles. The third kappa shape index (κ3) is 4.22. The third-order valence-electron chi connectivity index (χ3n) is 4.50. The summed E-state index contributed by atoms with van der Waals surface area (Å²) in [5.41, 5.74) is 1.70. The summed E-state index contributed by atoms with van der Waals surface area (Å²) < 4.78 is 16.1. The number of H-pyrrole nitrogens is 1. The number of aromatic amines is 1. The second-order valence-corrected chi connectivity index (χ2v) is 6.27.